The van der Waals surface area contributed by atoms with Crippen LogP contribution in [0.3, 0.4) is 0 Å². The number of likely N-dealkylation sites (tertiary alicyclic amines) is 1. The SMILES string of the molecule is CCOc1ccc(NC(=O)[C@@H]2[C@H]3C(=O)N([C@@H](CO)Cc4ccccc4)C(C(=O)Nc4c(C)cccc4Cl)C34CC(C)[C@@]2(C)O4)cc1. The van der Waals surface area contributed by atoms with Crippen molar-refractivity contribution in [3.63, 3.8) is 0 Å². The molecule has 2 bridgehead atoms. The van der Waals surface area contributed by atoms with E-state index in [0.29, 0.717) is 41.6 Å². The predicted molar refractivity (Wildman–Crippen MR) is 176 cm³/mol. The van der Waals surface area contributed by atoms with Gasteiger partial charge < -0.3 is 30.1 Å². The normalized spacial score (nSPS) is 28.6. The number of nitrogens with one attached hydrogen (secondary N) is 2. The third-order valence-electron chi connectivity index (χ3n) is 10.1. The quantitative estimate of drug-likeness (QED) is 0.278. The van der Waals surface area contributed by atoms with Crippen molar-refractivity contribution >= 4 is 40.7 Å². The zero-order chi connectivity index (χ0) is 32.8. The van der Waals surface area contributed by atoms with Gasteiger partial charge in [0.25, 0.3) is 0 Å². The fourth-order valence-electron chi connectivity index (χ4n) is 7.91. The summed E-state index contributed by atoms with van der Waals surface area (Å²) in [6, 6.07) is 20.1. The van der Waals surface area contributed by atoms with E-state index >= 15 is 0 Å². The highest BCUT2D eigenvalue weighted by molar-refractivity contribution is 6.34. The summed E-state index contributed by atoms with van der Waals surface area (Å²) in [6.45, 7) is 7.74. The molecule has 0 aromatic heterocycles. The number of aliphatic hydroxyl groups excluding tert-OH is 1. The fourth-order valence-corrected chi connectivity index (χ4v) is 8.18. The minimum absolute atomic E-state index is 0.147. The number of aliphatic hydroxyl groups is 1. The van der Waals surface area contributed by atoms with Gasteiger partial charge in [-0.1, -0.05) is 61.0 Å². The molecule has 6 rings (SSSR count). The number of aryl methyl sites for hydroxylation is 1. The molecule has 3 fully saturated rings. The van der Waals surface area contributed by atoms with E-state index < -0.39 is 41.0 Å². The molecule has 3 aromatic carbocycles. The van der Waals surface area contributed by atoms with E-state index in [0.717, 1.165) is 11.1 Å². The van der Waals surface area contributed by atoms with E-state index in [2.05, 4.69) is 10.6 Å². The Hall–Kier alpha value is -3.92. The lowest BCUT2D eigenvalue weighted by Gasteiger charge is -2.37. The van der Waals surface area contributed by atoms with Gasteiger partial charge >= 0.3 is 0 Å². The molecule has 0 saturated carbocycles. The van der Waals surface area contributed by atoms with Crippen molar-refractivity contribution in [2.45, 2.75) is 63.8 Å². The average Bonchev–Trinajstić information content (AvgIpc) is 3.55. The highest BCUT2D eigenvalue weighted by Crippen LogP contribution is 2.65. The summed E-state index contributed by atoms with van der Waals surface area (Å²) in [6.07, 6.45) is 0.711. The molecule has 3 amide bonds. The van der Waals surface area contributed by atoms with Gasteiger partial charge in [-0.3, -0.25) is 14.4 Å². The lowest BCUT2D eigenvalue weighted by Crippen LogP contribution is -2.57. The minimum atomic E-state index is -1.30. The van der Waals surface area contributed by atoms with E-state index in [1.807, 2.05) is 64.1 Å². The molecule has 3 N–H and O–H groups in total. The van der Waals surface area contributed by atoms with Gasteiger partial charge in [0.2, 0.25) is 17.7 Å². The monoisotopic (exact) mass is 645 g/mol. The Labute approximate surface area is 274 Å². The first kappa shape index (κ1) is 32.0. The number of amides is 3. The van der Waals surface area contributed by atoms with Crippen molar-refractivity contribution < 1.29 is 29.0 Å². The molecule has 3 aromatic rings. The van der Waals surface area contributed by atoms with Crippen LogP contribution >= 0.6 is 11.6 Å². The Bertz CT molecular complexity index is 1610. The molecule has 0 radical (unpaired) electrons. The number of hydrogen-bond donors (Lipinski definition) is 3. The van der Waals surface area contributed by atoms with Crippen LogP contribution < -0.4 is 15.4 Å². The van der Waals surface area contributed by atoms with Gasteiger partial charge in [0.1, 0.15) is 17.4 Å². The number of rotatable bonds is 10. The maximum absolute atomic E-state index is 14.7. The maximum atomic E-state index is 14.7. The average molecular weight is 646 g/mol. The van der Waals surface area contributed by atoms with Crippen molar-refractivity contribution in [3.8, 4) is 5.75 Å². The highest BCUT2D eigenvalue weighted by atomic mass is 35.5. The second kappa shape index (κ2) is 12.4. The smallest absolute Gasteiger partial charge is 0.250 e. The number of ether oxygens (including phenoxy) is 2. The summed E-state index contributed by atoms with van der Waals surface area (Å²) >= 11 is 6.52. The second-order valence-corrected chi connectivity index (χ2v) is 13.3. The van der Waals surface area contributed by atoms with Gasteiger partial charge in [-0.15, -0.1) is 0 Å². The van der Waals surface area contributed by atoms with E-state index in [9.17, 15) is 19.5 Å². The van der Waals surface area contributed by atoms with E-state index in [4.69, 9.17) is 21.1 Å². The first-order chi connectivity index (χ1) is 22.0. The summed E-state index contributed by atoms with van der Waals surface area (Å²) in [5.74, 6) is -2.49. The molecule has 7 atom stereocenters. The van der Waals surface area contributed by atoms with Crippen molar-refractivity contribution in [2.24, 2.45) is 17.8 Å². The lowest BCUT2D eigenvalue weighted by atomic mass is 9.62. The first-order valence-electron chi connectivity index (χ1n) is 15.8. The Morgan fingerprint density at radius 2 is 1.78 bits per heavy atom. The summed E-state index contributed by atoms with van der Waals surface area (Å²) < 4.78 is 12.4. The number of carbonyl (C=O) groups is 3. The molecule has 46 heavy (non-hydrogen) atoms. The first-order valence-corrected chi connectivity index (χ1v) is 16.2. The number of para-hydroxylation sites is 1. The molecule has 3 aliphatic heterocycles. The molecule has 3 saturated heterocycles. The van der Waals surface area contributed by atoms with Crippen LogP contribution in [0.25, 0.3) is 0 Å². The summed E-state index contributed by atoms with van der Waals surface area (Å²) in [5, 5.41) is 17.1. The van der Waals surface area contributed by atoms with Crippen molar-refractivity contribution in [1.82, 2.24) is 4.90 Å². The predicted octanol–water partition coefficient (Wildman–Crippen LogP) is 5.24. The van der Waals surface area contributed by atoms with Gasteiger partial charge in [-0.05, 0) is 81.0 Å². The molecule has 3 aliphatic rings. The topological polar surface area (TPSA) is 117 Å². The van der Waals surface area contributed by atoms with E-state index in [1.54, 1.807) is 36.4 Å². The van der Waals surface area contributed by atoms with Crippen molar-refractivity contribution in [1.29, 1.82) is 0 Å². The largest absolute Gasteiger partial charge is 0.494 e. The molecule has 9 nitrogen and oxygen atoms in total. The number of nitrogens with zero attached hydrogens (tertiary/aromatic N) is 1. The molecule has 1 spiro atoms. The summed E-state index contributed by atoms with van der Waals surface area (Å²) in [4.78, 5) is 44.9. The summed E-state index contributed by atoms with van der Waals surface area (Å²) in [7, 11) is 0. The molecule has 3 unspecified atom stereocenters. The van der Waals surface area contributed by atoms with Gasteiger partial charge in [-0.25, -0.2) is 0 Å². The van der Waals surface area contributed by atoms with E-state index in [1.165, 1.54) is 4.90 Å². The van der Waals surface area contributed by atoms with Crippen LogP contribution in [0.1, 0.15) is 38.3 Å². The molecular formula is C36H40ClN3O6. The number of anilines is 2. The number of hydrogen-bond acceptors (Lipinski definition) is 6. The van der Waals surface area contributed by atoms with Gasteiger partial charge in [0, 0.05) is 5.69 Å². The van der Waals surface area contributed by atoms with Crippen LogP contribution in [0.2, 0.25) is 5.02 Å². The Balaban J connectivity index is 1.40. The zero-order valence-electron chi connectivity index (χ0n) is 26.5. The van der Waals surface area contributed by atoms with E-state index in [-0.39, 0.29) is 24.3 Å². The Morgan fingerprint density at radius 1 is 1.07 bits per heavy atom. The number of benzene rings is 3. The molecule has 3 heterocycles. The number of halogens is 1. The Morgan fingerprint density at radius 3 is 2.43 bits per heavy atom. The molecular weight excluding hydrogens is 606 g/mol. The standard InChI is InChI=1S/C36H40ClN3O6/c1-5-45-26-16-14-24(15-17-26)38-32(42)28-29-34(44)40(25(20-41)18-23-11-7-6-8-12-23)31(36(29)19-22(3)35(28,4)46-36)33(43)39-30-21(2)10-9-13-27(30)37/h6-17,22,25,28-29,31,41H,5,18-20H2,1-4H3,(H,38,42)(H,39,43)/t22?,25-,28+,29+,31?,35-,36?/m1/s1. The van der Waals surface area contributed by atoms with Gasteiger partial charge in [-0.2, -0.15) is 0 Å². The van der Waals surface area contributed by atoms with Gasteiger partial charge in [0.05, 0.1) is 47.4 Å². The number of carbonyl (C=O) groups excluding carboxylic acids is 3. The van der Waals surface area contributed by atoms with Crippen LogP contribution in [-0.4, -0.2) is 64.2 Å². The molecule has 10 heteroatoms. The van der Waals surface area contributed by atoms with Gasteiger partial charge in [0.15, 0.2) is 0 Å². The van der Waals surface area contributed by atoms with Crippen molar-refractivity contribution in [2.75, 3.05) is 23.8 Å². The third-order valence-corrected chi connectivity index (χ3v) is 10.4. The third kappa shape index (κ3) is 5.24. The van der Waals surface area contributed by atoms with Crippen LogP contribution in [0.15, 0.2) is 72.8 Å². The lowest BCUT2D eigenvalue weighted by molar-refractivity contribution is -0.147. The van der Waals surface area contributed by atoms with Crippen molar-refractivity contribution in [3.05, 3.63) is 88.9 Å². The molecule has 242 valence electrons. The highest BCUT2D eigenvalue weighted by Gasteiger charge is 2.80. The van der Waals surface area contributed by atoms with Crippen LogP contribution in [0, 0.1) is 24.7 Å². The number of fused-ring (bicyclic) bond motifs is 1. The maximum Gasteiger partial charge on any atom is 0.250 e. The zero-order valence-corrected chi connectivity index (χ0v) is 27.2. The minimum Gasteiger partial charge on any atom is -0.494 e. The van der Waals surface area contributed by atoms with Crippen LogP contribution in [0.5, 0.6) is 5.75 Å². The van der Waals surface area contributed by atoms with Crippen LogP contribution in [0.4, 0.5) is 11.4 Å². The summed E-state index contributed by atoms with van der Waals surface area (Å²) in [5.41, 5.74) is 0.370. The Kier molecular flexibility index (Phi) is 8.61. The second-order valence-electron chi connectivity index (χ2n) is 12.8. The fraction of sp³-hybridized carbons (Fsp3) is 0.417. The molecule has 0 aliphatic carbocycles. The van der Waals surface area contributed by atoms with Crippen LogP contribution in [-0.2, 0) is 25.5 Å².